The third-order valence-electron chi connectivity index (χ3n) is 2.79. The zero-order valence-electron chi connectivity index (χ0n) is 9.52. The highest BCUT2D eigenvalue weighted by Crippen LogP contribution is 2.27. The Hall–Kier alpha value is -0.550. The average molecular weight is 241 g/mol. The molecule has 1 aromatic heterocycles. The lowest BCUT2D eigenvalue weighted by atomic mass is 10.1. The van der Waals surface area contributed by atoms with E-state index in [4.69, 9.17) is 10.3 Å². The van der Waals surface area contributed by atoms with Crippen LogP contribution in [0.3, 0.4) is 0 Å². The molecule has 0 bridgehead atoms. The Labute approximate surface area is 100 Å². The summed E-state index contributed by atoms with van der Waals surface area (Å²) in [6.45, 7) is 0.683. The standard InChI is InChI=1S/C11H19N3OS/c12-6-3-5-10-13-11(15-14-10)8-9-4-1-2-7-16-9/h9H,1-8,12H2. The molecule has 16 heavy (non-hydrogen) atoms. The molecule has 2 heterocycles. The number of hydrogen-bond donors (Lipinski definition) is 1. The SMILES string of the molecule is NCCCc1noc(CC2CCCCS2)n1. The lowest BCUT2D eigenvalue weighted by Gasteiger charge is -2.19. The zero-order chi connectivity index (χ0) is 11.2. The number of aromatic nitrogens is 2. The van der Waals surface area contributed by atoms with Gasteiger partial charge in [0.25, 0.3) is 0 Å². The van der Waals surface area contributed by atoms with E-state index in [0.717, 1.165) is 31.0 Å². The molecular weight excluding hydrogens is 222 g/mol. The van der Waals surface area contributed by atoms with Gasteiger partial charge in [-0.1, -0.05) is 11.6 Å². The predicted octanol–water partition coefficient (Wildman–Crippen LogP) is 1.79. The number of nitrogens with two attached hydrogens (primary N) is 1. The molecule has 0 spiro atoms. The van der Waals surface area contributed by atoms with Crippen LogP contribution in [-0.4, -0.2) is 27.7 Å². The molecule has 1 saturated heterocycles. The normalized spacial score (nSPS) is 21.2. The van der Waals surface area contributed by atoms with Gasteiger partial charge in [-0.05, 0) is 31.6 Å². The first kappa shape index (κ1) is 11.9. The number of aryl methyl sites for hydroxylation is 1. The van der Waals surface area contributed by atoms with Gasteiger partial charge >= 0.3 is 0 Å². The summed E-state index contributed by atoms with van der Waals surface area (Å²) < 4.78 is 5.25. The van der Waals surface area contributed by atoms with Gasteiger partial charge in [-0.2, -0.15) is 16.7 Å². The van der Waals surface area contributed by atoms with E-state index >= 15 is 0 Å². The van der Waals surface area contributed by atoms with Gasteiger partial charge in [0, 0.05) is 18.1 Å². The van der Waals surface area contributed by atoms with Crippen LogP contribution in [0.4, 0.5) is 0 Å². The molecule has 0 aromatic carbocycles. The van der Waals surface area contributed by atoms with Crippen LogP contribution in [0.5, 0.6) is 0 Å². The summed E-state index contributed by atoms with van der Waals surface area (Å²) >= 11 is 2.04. The van der Waals surface area contributed by atoms with Crippen molar-refractivity contribution < 1.29 is 4.52 Å². The Morgan fingerprint density at radius 1 is 1.44 bits per heavy atom. The van der Waals surface area contributed by atoms with Crippen LogP contribution < -0.4 is 5.73 Å². The lowest BCUT2D eigenvalue weighted by Crippen LogP contribution is -2.12. The molecule has 1 aromatic rings. The number of nitrogens with zero attached hydrogens (tertiary/aromatic N) is 2. The van der Waals surface area contributed by atoms with Crippen LogP contribution in [-0.2, 0) is 12.8 Å². The van der Waals surface area contributed by atoms with Crippen molar-refractivity contribution in [1.29, 1.82) is 0 Å². The van der Waals surface area contributed by atoms with Crippen LogP contribution in [0.25, 0.3) is 0 Å². The van der Waals surface area contributed by atoms with Crippen LogP contribution in [0.1, 0.15) is 37.4 Å². The van der Waals surface area contributed by atoms with Gasteiger partial charge in [0.05, 0.1) is 0 Å². The maximum Gasteiger partial charge on any atom is 0.227 e. The Morgan fingerprint density at radius 2 is 2.38 bits per heavy atom. The first-order valence-corrected chi connectivity index (χ1v) is 7.06. The molecule has 90 valence electrons. The van der Waals surface area contributed by atoms with Crippen molar-refractivity contribution in [2.45, 2.75) is 43.8 Å². The number of thioether (sulfide) groups is 1. The van der Waals surface area contributed by atoms with Crippen molar-refractivity contribution in [3.05, 3.63) is 11.7 Å². The molecule has 1 fully saturated rings. The highest BCUT2D eigenvalue weighted by atomic mass is 32.2. The van der Waals surface area contributed by atoms with E-state index < -0.39 is 0 Å². The van der Waals surface area contributed by atoms with Crippen molar-refractivity contribution in [2.75, 3.05) is 12.3 Å². The Balaban J connectivity index is 1.81. The summed E-state index contributed by atoms with van der Waals surface area (Å²) in [5.74, 6) is 2.88. The van der Waals surface area contributed by atoms with E-state index in [2.05, 4.69) is 10.1 Å². The van der Waals surface area contributed by atoms with Crippen LogP contribution in [0, 0.1) is 0 Å². The van der Waals surface area contributed by atoms with Crippen LogP contribution >= 0.6 is 11.8 Å². The molecule has 2 rings (SSSR count). The molecule has 4 nitrogen and oxygen atoms in total. The maximum atomic E-state index is 5.44. The molecule has 5 heteroatoms. The summed E-state index contributed by atoms with van der Waals surface area (Å²) in [5.41, 5.74) is 5.44. The number of hydrogen-bond acceptors (Lipinski definition) is 5. The molecule has 1 atom stereocenters. The third kappa shape index (κ3) is 3.49. The fourth-order valence-corrected chi connectivity index (χ4v) is 3.20. The van der Waals surface area contributed by atoms with Gasteiger partial charge in [0.15, 0.2) is 5.82 Å². The molecular formula is C11H19N3OS. The Bertz CT molecular complexity index is 310. The monoisotopic (exact) mass is 241 g/mol. The minimum absolute atomic E-state index is 0.677. The lowest BCUT2D eigenvalue weighted by molar-refractivity contribution is 0.369. The van der Waals surface area contributed by atoms with Gasteiger partial charge in [-0.25, -0.2) is 0 Å². The fourth-order valence-electron chi connectivity index (χ4n) is 1.90. The molecule has 0 radical (unpaired) electrons. The summed E-state index contributed by atoms with van der Waals surface area (Å²) in [6, 6.07) is 0. The first-order chi connectivity index (χ1) is 7.88. The second-order valence-corrected chi connectivity index (χ2v) is 5.60. The van der Waals surface area contributed by atoms with E-state index in [1.165, 1.54) is 25.0 Å². The largest absolute Gasteiger partial charge is 0.339 e. The minimum Gasteiger partial charge on any atom is -0.339 e. The van der Waals surface area contributed by atoms with Crippen molar-refractivity contribution in [3.63, 3.8) is 0 Å². The second kappa shape index (κ2) is 6.25. The predicted molar refractivity (Wildman–Crippen MR) is 65.5 cm³/mol. The van der Waals surface area contributed by atoms with Gasteiger partial charge in [-0.15, -0.1) is 0 Å². The smallest absolute Gasteiger partial charge is 0.227 e. The molecule has 0 amide bonds. The van der Waals surface area contributed by atoms with Crippen molar-refractivity contribution in [1.82, 2.24) is 10.1 Å². The fraction of sp³-hybridized carbons (Fsp3) is 0.818. The Morgan fingerprint density at radius 3 is 3.12 bits per heavy atom. The van der Waals surface area contributed by atoms with Gasteiger partial charge in [0.2, 0.25) is 5.89 Å². The highest BCUT2D eigenvalue weighted by molar-refractivity contribution is 7.99. The summed E-state index contributed by atoms with van der Waals surface area (Å²) in [4.78, 5) is 4.40. The highest BCUT2D eigenvalue weighted by Gasteiger charge is 2.17. The topological polar surface area (TPSA) is 64.9 Å². The molecule has 2 N–H and O–H groups in total. The van der Waals surface area contributed by atoms with E-state index in [-0.39, 0.29) is 0 Å². The van der Waals surface area contributed by atoms with Crippen molar-refractivity contribution in [2.24, 2.45) is 5.73 Å². The van der Waals surface area contributed by atoms with Crippen LogP contribution in [0.15, 0.2) is 4.52 Å². The van der Waals surface area contributed by atoms with E-state index in [1.54, 1.807) is 0 Å². The summed E-state index contributed by atoms with van der Waals surface area (Å²) in [5, 5.41) is 4.65. The quantitative estimate of drug-likeness (QED) is 0.851. The van der Waals surface area contributed by atoms with Gasteiger partial charge in [0.1, 0.15) is 0 Å². The zero-order valence-corrected chi connectivity index (χ0v) is 10.3. The van der Waals surface area contributed by atoms with Crippen LogP contribution in [0.2, 0.25) is 0 Å². The second-order valence-electron chi connectivity index (χ2n) is 4.19. The van der Waals surface area contributed by atoms with Crippen molar-refractivity contribution >= 4 is 11.8 Å². The molecule has 1 aliphatic heterocycles. The van der Waals surface area contributed by atoms with E-state index in [1.807, 2.05) is 11.8 Å². The molecule has 0 saturated carbocycles. The molecule has 1 aliphatic rings. The van der Waals surface area contributed by atoms with E-state index in [9.17, 15) is 0 Å². The Kier molecular flexibility index (Phi) is 4.66. The molecule has 0 aliphatic carbocycles. The summed E-state index contributed by atoms with van der Waals surface area (Å²) in [7, 11) is 0. The number of rotatable bonds is 5. The summed E-state index contributed by atoms with van der Waals surface area (Å²) in [6.07, 6.45) is 6.67. The maximum absolute atomic E-state index is 5.44. The van der Waals surface area contributed by atoms with Gasteiger partial charge < -0.3 is 10.3 Å². The van der Waals surface area contributed by atoms with Gasteiger partial charge in [-0.3, -0.25) is 0 Å². The molecule has 1 unspecified atom stereocenters. The average Bonchev–Trinajstić information content (AvgIpc) is 2.75. The third-order valence-corrected chi connectivity index (χ3v) is 4.19. The minimum atomic E-state index is 0.677. The van der Waals surface area contributed by atoms with Crippen molar-refractivity contribution in [3.8, 4) is 0 Å². The first-order valence-electron chi connectivity index (χ1n) is 6.01. The van der Waals surface area contributed by atoms with E-state index in [0.29, 0.717) is 11.8 Å².